The van der Waals surface area contributed by atoms with Gasteiger partial charge < -0.3 is 15.8 Å². The van der Waals surface area contributed by atoms with Crippen LogP contribution in [-0.2, 0) is 4.74 Å². The molecule has 0 unspecified atom stereocenters. The van der Waals surface area contributed by atoms with E-state index in [9.17, 15) is 0 Å². The van der Waals surface area contributed by atoms with Crippen LogP contribution in [0.3, 0.4) is 0 Å². The molecule has 1 heterocycles. The lowest BCUT2D eigenvalue weighted by molar-refractivity contribution is 0.0251. The monoisotopic (exact) mass is 278 g/mol. The molecular weight excluding hydrogens is 252 g/mol. The normalized spacial score (nSPS) is 22.8. The largest absolute Gasteiger partial charge is 0.378 e. The highest BCUT2D eigenvalue weighted by molar-refractivity contribution is 5.39. The fourth-order valence-electron chi connectivity index (χ4n) is 2.49. The molecule has 0 spiro atoms. The second kappa shape index (κ2) is 7.55. The minimum atomic E-state index is 0.388. The van der Waals surface area contributed by atoms with Gasteiger partial charge in [-0.25, -0.2) is 4.98 Å². The Balaban J connectivity index is 1.61. The summed E-state index contributed by atoms with van der Waals surface area (Å²) < 4.78 is 5.89. The van der Waals surface area contributed by atoms with Gasteiger partial charge in [0.1, 0.15) is 5.82 Å². The van der Waals surface area contributed by atoms with Crippen molar-refractivity contribution in [3.05, 3.63) is 17.6 Å². The SMILES string of the molecule is Cc1cnc(C)c(NCCCOC2CCC(N)CC2)n1. The maximum absolute atomic E-state index is 5.89. The molecule has 3 N–H and O–H groups in total. The van der Waals surface area contributed by atoms with Crippen molar-refractivity contribution in [1.29, 1.82) is 0 Å². The lowest BCUT2D eigenvalue weighted by Crippen LogP contribution is -2.30. The van der Waals surface area contributed by atoms with E-state index in [-0.39, 0.29) is 0 Å². The van der Waals surface area contributed by atoms with Crippen molar-refractivity contribution in [1.82, 2.24) is 9.97 Å². The molecule has 1 aliphatic rings. The molecule has 20 heavy (non-hydrogen) atoms. The molecular formula is C15H26N4O. The van der Waals surface area contributed by atoms with Gasteiger partial charge in [-0.1, -0.05) is 0 Å². The van der Waals surface area contributed by atoms with E-state index in [2.05, 4.69) is 15.3 Å². The summed E-state index contributed by atoms with van der Waals surface area (Å²) in [4.78, 5) is 8.73. The third-order valence-corrected chi connectivity index (χ3v) is 3.76. The summed E-state index contributed by atoms with van der Waals surface area (Å²) in [7, 11) is 0. The average molecular weight is 278 g/mol. The molecule has 0 bridgehead atoms. The fraction of sp³-hybridized carbons (Fsp3) is 0.733. The molecule has 1 saturated carbocycles. The summed E-state index contributed by atoms with van der Waals surface area (Å²) in [6.07, 6.45) is 7.60. The third kappa shape index (κ3) is 4.72. The Hall–Kier alpha value is -1.20. The van der Waals surface area contributed by atoms with Crippen molar-refractivity contribution in [2.24, 2.45) is 5.73 Å². The predicted molar refractivity (Wildman–Crippen MR) is 80.8 cm³/mol. The Morgan fingerprint density at radius 1 is 1.30 bits per heavy atom. The Labute approximate surface area is 121 Å². The van der Waals surface area contributed by atoms with E-state index in [1.165, 1.54) is 0 Å². The zero-order valence-electron chi connectivity index (χ0n) is 12.6. The molecule has 1 aromatic heterocycles. The van der Waals surface area contributed by atoms with Crippen molar-refractivity contribution in [2.45, 2.75) is 58.1 Å². The molecule has 1 aliphatic carbocycles. The van der Waals surface area contributed by atoms with Crippen LogP contribution in [0.15, 0.2) is 6.20 Å². The molecule has 0 aromatic carbocycles. The van der Waals surface area contributed by atoms with Gasteiger partial charge in [-0.05, 0) is 46.0 Å². The van der Waals surface area contributed by atoms with Crippen molar-refractivity contribution in [3.8, 4) is 0 Å². The lowest BCUT2D eigenvalue weighted by atomic mass is 9.94. The summed E-state index contributed by atoms with van der Waals surface area (Å²) in [6, 6.07) is 0.388. The quantitative estimate of drug-likeness (QED) is 0.780. The molecule has 0 saturated heterocycles. The first-order valence-corrected chi connectivity index (χ1v) is 7.56. The zero-order valence-corrected chi connectivity index (χ0v) is 12.6. The van der Waals surface area contributed by atoms with E-state index < -0.39 is 0 Å². The van der Waals surface area contributed by atoms with Gasteiger partial charge in [0.05, 0.1) is 17.5 Å². The third-order valence-electron chi connectivity index (χ3n) is 3.76. The standard InChI is InChI=1S/C15H26N4O/c1-11-10-18-12(2)15(19-11)17-8-3-9-20-14-6-4-13(16)5-7-14/h10,13-14H,3-9,16H2,1-2H3,(H,17,19). The Kier molecular flexibility index (Phi) is 5.73. The summed E-state index contributed by atoms with van der Waals surface area (Å²) in [5.41, 5.74) is 7.77. The highest BCUT2D eigenvalue weighted by Gasteiger charge is 2.18. The number of anilines is 1. The van der Waals surface area contributed by atoms with Crippen molar-refractivity contribution >= 4 is 5.82 Å². The van der Waals surface area contributed by atoms with Crippen LogP contribution >= 0.6 is 0 Å². The molecule has 0 amide bonds. The molecule has 1 fully saturated rings. The van der Waals surface area contributed by atoms with E-state index in [4.69, 9.17) is 10.5 Å². The second-order valence-electron chi connectivity index (χ2n) is 5.63. The number of aryl methyl sites for hydroxylation is 2. The summed E-state index contributed by atoms with van der Waals surface area (Å²) >= 11 is 0. The summed E-state index contributed by atoms with van der Waals surface area (Å²) in [5.74, 6) is 0.883. The minimum absolute atomic E-state index is 0.388. The van der Waals surface area contributed by atoms with E-state index in [1.807, 2.05) is 13.8 Å². The molecule has 1 aromatic rings. The second-order valence-corrected chi connectivity index (χ2v) is 5.63. The predicted octanol–water partition coefficient (Wildman–Crippen LogP) is 2.18. The van der Waals surface area contributed by atoms with Crippen LogP contribution in [0.25, 0.3) is 0 Å². The van der Waals surface area contributed by atoms with E-state index in [0.29, 0.717) is 12.1 Å². The first-order chi connectivity index (χ1) is 9.65. The van der Waals surface area contributed by atoms with Gasteiger partial charge in [0.25, 0.3) is 0 Å². The highest BCUT2D eigenvalue weighted by atomic mass is 16.5. The smallest absolute Gasteiger partial charge is 0.147 e. The topological polar surface area (TPSA) is 73.1 Å². The number of nitrogens with zero attached hydrogens (tertiary/aromatic N) is 2. The van der Waals surface area contributed by atoms with E-state index in [0.717, 1.165) is 62.5 Å². The number of hydrogen-bond acceptors (Lipinski definition) is 5. The van der Waals surface area contributed by atoms with Gasteiger partial charge in [-0.2, -0.15) is 0 Å². The number of ether oxygens (including phenoxy) is 1. The van der Waals surface area contributed by atoms with Crippen LogP contribution in [0.5, 0.6) is 0 Å². The molecule has 2 rings (SSSR count). The number of nitrogens with two attached hydrogens (primary N) is 1. The fourth-order valence-corrected chi connectivity index (χ4v) is 2.49. The van der Waals surface area contributed by atoms with Gasteiger partial charge in [0.15, 0.2) is 0 Å². The Bertz CT molecular complexity index is 416. The van der Waals surface area contributed by atoms with Crippen LogP contribution in [0.2, 0.25) is 0 Å². The molecule has 112 valence electrons. The number of nitrogens with one attached hydrogen (secondary N) is 1. The van der Waals surface area contributed by atoms with Gasteiger partial charge in [0, 0.05) is 25.4 Å². The van der Waals surface area contributed by atoms with Gasteiger partial charge in [0.2, 0.25) is 0 Å². The van der Waals surface area contributed by atoms with Crippen LogP contribution in [0, 0.1) is 13.8 Å². The summed E-state index contributed by atoms with van der Waals surface area (Å²) in [6.45, 7) is 5.58. The zero-order chi connectivity index (χ0) is 14.4. The summed E-state index contributed by atoms with van der Waals surface area (Å²) in [5, 5.41) is 3.32. The van der Waals surface area contributed by atoms with Gasteiger partial charge in [-0.15, -0.1) is 0 Å². The molecule has 0 aliphatic heterocycles. The van der Waals surface area contributed by atoms with Crippen molar-refractivity contribution < 1.29 is 4.74 Å². The van der Waals surface area contributed by atoms with E-state index >= 15 is 0 Å². The van der Waals surface area contributed by atoms with Crippen LogP contribution < -0.4 is 11.1 Å². The Morgan fingerprint density at radius 3 is 2.80 bits per heavy atom. The number of rotatable bonds is 6. The number of hydrogen-bond donors (Lipinski definition) is 2. The van der Waals surface area contributed by atoms with Crippen molar-refractivity contribution in [2.75, 3.05) is 18.5 Å². The van der Waals surface area contributed by atoms with Crippen LogP contribution in [0.1, 0.15) is 43.5 Å². The minimum Gasteiger partial charge on any atom is -0.378 e. The maximum atomic E-state index is 5.89. The first kappa shape index (κ1) is 15.2. The van der Waals surface area contributed by atoms with Crippen molar-refractivity contribution in [3.63, 3.8) is 0 Å². The number of aromatic nitrogens is 2. The molecule has 0 radical (unpaired) electrons. The maximum Gasteiger partial charge on any atom is 0.147 e. The average Bonchev–Trinajstić information content (AvgIpc) is 2.44. The highest BCUT2D eigenvalue weighted by Crippen LogP contribution is 2.19. The van der Waals surface area contributed by atoms with Crippen LogP contribution in [0.4, 0.5) is 5.82 Å². The van der Waals surface area contributed by atoms with Crippen LogP contribution in [-0.4, -0.2) is 35.3 Å². The van der Waals surface area contributed by atoms with E-state index in [1.54, 1.807) is 6.20 Å². The lowest BCUT2D eigenvalue weighted by Gasteiger charge is -2.26. The first-order valence-electron chi connectivity index (χ1n) is 7.56. The molecule has 5 heteroatoms. The van der Waals surface area contributed by atoms with Gasteiger partial charge in [-0.3, -0.25) is 4.98 Å². The molecule has 5 nitrogen and oxygen atoms in total. The van der Waals surface area contributed by atoms with Gasteiger partial charge >= 0.3 is 0 Å². The Morgan fingerprint density at radius 2 is 2.05 bits per heavy atom. The molecule has 0 atom stereocenters.